The van der Waals surface area contributed by atoms with E-state index in [9.17, 15) is 4.79 Å². The number of carboxylic acid groups (broad SMARTS) is 1. The molecular weight excluding hydrogens is 230 g/mol. The van der Waals surface area contributed by atoms with Gasteiger partial charge in [-0.3, -0.25) is 10.1 Å². The van der Waals surface area contributed by atoms with Crippen molar-refractivity contribution in [2.24, 2.45) is 5.92 Å². The summed E-state index contributed by atoms with van der Waals surface area (Å²) in [4.78, 5) is 10.9. The predicted molar refractivity (Wildman–Crippen MR) is 68.7 cm³/mol. The average molecular weight is 249 g/mol. The number of benzene rings is 1. The lowest BCUT2D eigenvalue weighted by atomic mass is 10.0. The van der Waals surface area contributed by atoms with Gasteiger partial charge in [0, 0.05) is 6.04 Å². The van der Waals surface area contributed by atoms with Crippen LogP contribution in [0.25, 0.3) is 0 Å². The summed E-state index contributed by atoms with van der Waals surface area (Å²) < 4.78 is 5.13. The van der Waals surface area contributed by atoms with Gasteiger partial charge in [-0.1, -0.05) is 12.1 Å². The summed E-state index contributed by atoms with van der Waals surface area (Å²) in [6.07, 6.45) is 2.33. The first-order valence-electron chi connectivity index (χ1n) is 6.24. The quantitative estimate of drug-likeness (QED) is 0.811. The maximum Gasteiger partial charge on any atom is 0.320 e. The fourth-order valence-corrected chi connectivity index (χ4v) is 2.09. The van der Waals surface area contributed by atoms with Gasteiger partial charge in [-0.25, -0.2) is 0 Å². The number of hydrogen-bond acceptors (Lipinski definition) is 3. The van der Waals surface area contributed by atoms with Gasteiger partial charge in [0.1, 0.15) is 11.8 Å². The van der Waals surface area contributed by atoms with Crippen LogP contribution in [0.5, 0.6) is 5.75 Å². The van der Waals surface area contributed by atoms with E-state index in [-0.39, 0.29) is 6.04 Å². The Kier molecular flexibility index (Phi) is 3.87. The topological polar surface area (TPSA) is 58.6 Å². The number of nitrogens with one attached hydrogen (secondary N) is 1. The maximum absolute atomic E-state index is 10.9. The lowest BCUT2D eigenvalue weighted by molar-refractivity contribution is -0.139. The lowest BCUT2D eigenvalue weighted by Gasteiger charge is -2.21. The van der Waals surface area contributed by atoms with E-state index in [1.54, 1.807) is 14.0 Å². The normalized spacial score (nSPS) is 18.1. The van der Waals surface area contributed by atoms with Gasteiger partial charge in [0.15, 0.2) is 0 Å². The molecular formula is C14H19NO3. The molecule has 1 aromatic carbocycles. The molecule has 98 valence electrons. The summed E-state index contributed by atoms with van der Waals surface area (Å²) in [5, 5.41) is 12.2. The molecule has 0 heterocycles. The second-order valence-corrected chi connectivity index (χ2v) is 4.81. The van der Waals surface area contributed by atoms with Gasteiger partial charge in [-0.15, -0.1) is 0 Å². The first-order valence-corrected chi connectivity index (χ1v) is 6.24. The zero-order chi connectivity index (χ0) is 13.1. The van der Waals surface area contributed by atoms with Crippen molar-refractivity contribution in [1.29, 1.82) is 0 Å². The van der Waals surface area contributed by atoms with Crippen LogP contribution in [0, 0.1) is 5.92 Å². The first-order chi connectivity index (χ1) is 8.61. The van der Waals surface area contributed by atoms with Crippen LogP contribution in [0.15, 0.2) is 24.3 Å². The molecule has 1 aromatic rings. The first kappa shape index (κ1) is 12.9. The van der Waals surface area contributed by atoms with Crippen LogP contribution >= 0.6 is 0 Å². The van der Waals surface area contributed by atoms with Gasteiger partial charge in [0.2, 0.25) is 0 Å². The highest BCUT2D eigenvalue weighted by Crippen LogP contribution is 2.41. The molecule has 2 unspecified atom stereocenters. The molecule has 0 bridgehead atoms. The van der Waals surface area contributed by atoms with Crippen LogP contribution in [-0.4, -0.2) is 24.2 Å². The second-order valence-electron chi connectivity index (χ2n) is 4.81. The minimum Gasteiger partial charge on any atom is -0.497 e. The summed E-state index contributed by atoms with van der Waals surface area (Å²) in [6, 6.07) is 7.43. The van der Waals surface area contributed by atoms with E-state index in [1.165, 1.54) is 0 Å². The zero-order valence-corrected chi connectivity index (χ0v) is 10.7. The average Bonchev–Trinajstić information content (AvgIpc) is 3.20. The third-order valence-electron chi connectivity index (χ3n) is 3.37. The molecule has 0 amide bonds. The van der Waals surface area contributed by atoms with E-state index in [2.05, 4.69) is 5.32 Å². The van der Waals surface area contributed by atoms with Gasteiger partial charge < -0.3 is 9.84 Å². The van der Waals surface area contributed by atoms with Crippen LogP contribution in [-0.2, 0) is 4.79 Å². The number of rotatable bonds is 6. The Bertz CT molecular complexity index is 412. The molecule has 0 radical (unpaired) electrons. The highest BCUT2D eigenvalue weighted by atomic mass is 16.5. The van der Waals surface area contributed by atoms with Crippen LogP contribution in [0.3, 0.4) is 0 Å². The summed E-state index contributed by atoms with van der Waals surface area (Å²) in [7, 11) is 1.64. The van der Waals surface area contributed by atoms with Crippen LogP contribution in [0.4, 0.5) is 0 Å². The van der Waals surface area contributed by atoms with Crippen molar-refractivity contribution in [3.05, 3.63) is 29.8 Å². The van der Waals surface area contributed by atoms with Crippen molar-refractivity contribution in [2.75, 3.05) is 7.11 Å². The third kappa shape index (κ3) is 3.01. The van der Waals surface area contributed by atoms with Crippen molar-refractivity contribution >= 4 is 5.97 Å². The number of carbonyl (C=O) groups is 1. The van der Waals surface area contributed by atoms with E-state index in [1.807, 2.05) is 24.3 Å². The second kappa shape index (κ2) is 5.40. The SMILES string of the molecule is COc1ccc(C(NC(C)C(=O)O)C2CC2)cc1. The van der Waals surface area contributed by atoms with Gasteiger partial charge in [0.05, 0.1) is 7.11 Å². The summed E-state index contributed by atoms with van der Waals surface area (Å²) in [6.45, 7) is 1.68. The highest BCUT2D eigenvalue weighted by molar-refractivity contribution is 5.72. The standard InChI is InChI=1S/C14H19NO3/c1-9(14(16)17)15-13(10-3-4-10)11-5-7-12(18-2)8-6-11/h5-10,13,15H,3-4H2,1-2H3,(H,16,17). The Morgan fingerprint density at radius 1 is 1.39 bits per heavy atom. The van der Waals surface area contributed by atoms with Crippen molar-refractivity contribution < 1.29 is 14.6 Å². The predicted octanol–water partition coefficient (Wildman–Crippen LogP) is 2.21. The van der Waals surface area contributed by atoms with Crippen molar-refractivity contribution in [1.82, 2.24) is 5.32 Å². The van der Waals surface area contributed by atoms with Crippen molar-refractivity contribution in [2.45, 2.75) is 31.8 Å². The molecule has 2 atom stereocenters. The van der Waals surface area contributed by atoms with E-state index >= 15 is 0 Å². The molecule has 2 N–H and O–H groups in total. The largest absolute Gasteiger partial charge is 0.497 e. The summed E-state index contributed by atoms with van der Waals surface area (Å²) in [5.41, 5.74) is 1.13. The number of hydrogen-bond donors (Lipinski definition) is 2. The van der Waals surface area contributed by atoms with E-state index in [0.717, 1.165) is 24.2 Å². The minimum atomic E-state index is -0.811. The van der Waals surface area contributed by atoms with E-state index < -0.39 is 12.0 Å². The molecule has 1 saturated carbocycles. The monoisotopic (exact) mass is 249 g/mol. The number of ether oxygens (including phenoxy) is 1. The molecule has 18 heavy (non-hydrogen) atoms. The van der Waals surface area contributed by atoms with Gasteiger partial charge in [0.25, 0.3) is 0 Å². The number of aliphatic carboxylic acids is 1. The Morgan fingerprint density at radius 3 is 2.44 bits per heavy atom. The Balaban J connectivity index is 2.11. The van der Waals surface area contributed by atoms with Crippen LogP contribution in [0.1, 0.15) is 31.4 Å². The molecule has 1 aliphatic carbocycles. The van der Waals surface area contributed by atoms with Crippen LogP contribution in [0.2, 0.25) is 0 Å². The Hall–Kier alpha value is -1.55. The van der Waals surface area contributed by atoms with Gasteiger partial charge >= 0.3 is 5.97 Å². The Labute approximate surface area is 107 Å². The fraction of sp³-hybridized carbons (Fsp3) is 0.500. The van der Waals surface area contributed by atoms with Gasteiger partial charge in [-0.05, 0) is 43.4 Å². The van der Waals surface area contributed by atoms with Crippen LogP contribution < -0.4 is 10.1 Å². The lowest BCUT2D eigenvalue weighted by Crippen LogP contribution is -2.37. The molecule has 0 spiro atoms. The Morgan fingerprint density at radius 2 is 2.00 bits per heavy atom. The minimum absolute atomic E-state index is 0.127. The van der Waals surface area contributed by atoms with E-state index in [4.69, 9.17) is 9.84 Å². The highest BCUT2D eigenvalue weighted by Gasteiger charge is 2.33. The smallest absolute Gasteiger partial charge is 0.320 e. The molecule has 4 heteroatoms. The molecule has 1 aliphatic rings. The molecule has 2 rings (SSSR count). The number of methoxy groups -OCH3 is 1. The molecule has 0 aliphatic heterocycles. The van der Waals surface area contributed by atoms with E-state index in [0.29, 0.717) is 5.92 Å². The molecule has 0 aromatic heterocycles. The molecule has 4 nitrogen and oxygen atoms in total. The zero-order valence-electron chi connectivity index (χ0n) is 10.7. The molecule has 1 fully saturated rings. The summed E-state index contributed by atoms with van der Waals surface area (Å²) >= 11 is 0. The van der Waals surface area contributed by atoms with Crippen molar-refractivity contribution in [3.8, 4) is 5.75 Å². The summed E-state index contributed by atoms with van der Waals surface area (Å²) in [5.74, 6) is 0.564. The van der Waals surface area contributed by atoms with Crippen molar-refractivity contribution in [3.63, 3.8) is 0 Å². The maximum atomic E-state index is 10.9. The number of carboxylic acids is 1. The van der Waals surface area contributed by atoms with Gasteiger partial charge in [-0.2, -0.15) is 0 Å². The third-order valence-corrected chi connectivity index (χ3v) is 3.37. The fourth-order valence-electron chi connectivity index (χ4n) is 2.09. The molecule has 0 saturated heterocycles.